The zero-order chi connectivity index (χ0) is 18.0. The second-order valence-corrected chi connectivity index (χ2v) is 8.36. The van der Waals surface area contributed by atoms with Crippen LogP contribution in [0.2, 0.25) is 0 Å². The maximum atomic E-state index is 12.2. The summed E-state index contributed by atoms with van der Waals surface area (Å²) in [5, 5.41) is 2.83. The summed E-state index contributed by atoms with van der Waals surface area (Å²) >= 11 is 1.54. The van der Waals surface area contributed by atoms with E-state index in [9.17, 15) is 8.42 Å². The first kappa shape index (κ1) is 17.8. The molecule has 5 nitrogen and oxygen atoms in total. The first-order valence-corrected chi connectivity index (χ1v) is 10.2. The number of aryl methyl sites for hydroxylation is 3. The van der Waals surface area contributed by atoms with Crippen LogP contribution in [0.5, 0.6) is 0 Å². The Morgan fingerprint density at radius 2 is 1.68 bits per heavy atom. The second-order valence-electron chi connectivity index (χ2n) is 5.91. The smallest absolute Gasteiger partial charge is 0.295 e. The molecule has 2 aromatic heterocycles. The van der Waals surface area contributed by atoms with Gasteiger partial charge in [-0.3, -0.25) is 8.75 Å². The molecule has 2 heterocycles. The number of hydrogen-bond donors (Lipinski definition) is 0. The van der Waals surface area contributed by atoms with E-state index in [0.717, 1.165) is 27.8 Å². The first-order valence-electron chi connectivity index (χ1n) is 7.92. The highest BCUT2D eigenvalue weighted by molar-refractivity contribution is 7.86. The fourth-order valence-corrected chi connectivity index (χ4v) is 4.40. The minimum absolute atomic E-state index is 0.0724. The predicted octanol–water partition coefficient (Wildman–Crippen LogP) is 3.81. The second kappa shape index (κ2) is 7.11. The highest BCUT2D eigenvalue weighted by atomic mass is 32.2. The molecule has 0 saturated carbocycles. The van der Waals surface area contributed by atoms with E-state index in [-0.39, 0.29) is 11.5 Å². The van der Waals surface area contributed by atoms with Gasteiger partial charge < -0.3 is 0 Å². The fraction of sp³-hybridized carbons (Fsp3) is 0.278. The quantitative estimate of drug-likeness (QED) is 0.614. The minimum Gasteiger partial charge on any atom is -0.295 e. The van der Waals surface area contributed by atoms with Crippen LogP contribution in [0.3, 0.4) is 0 Å². The molecular formula is C18H20N2O3S2. The van der Waals surface area contributed by atoms with Crippen molar-refractivity contribution in [1.82, 2.24) is 9.55 Å². The molecule has 0 radical (unpaired) electrons. The number of aromatic nitrogens is 2. The number of hydrogen-bond acceptors (Lipinski definition) is 5. The lowest BCUT2D eigenvalue weighted by Crippen LogP contribution is -2.09. The molecule has 0 fully saturated rings. The van der Waals surface area contributed by atoms with Crippen LogP contribution in [0.1, 0.15) is 22.6 Å². The lowest BCUT2D eigenvalue weighted by atomic mass is 10.2. The maximum absolute atomic E-state index is 12.2. The standard InChI is InChI=1S/C18H20N2O3S2/c1-13-4-8-17(9-5-13)25(21,22)23-11-10-16-12-24-18(19-16)20-14(2)6-7-15(20)3/h4-9,12H,10-11H2,1-3H3. The monoisotopic (exact) mass is 376 g/mol. The normalized spacial score (nSPS) is 11.8. The van der Waals surface area contributed by atoms with Crippen LogP contribution >= 0.6 is 11.3 Å². The molecule has 0 unspecified atom stereocenters. The van der Waals surface area contributed by atoms with Crippen molar-refractivity contribution in [3.8, 4) is 5.13 Å². The van der Waals surface area contributed by atoms with Crippen LogP contribution in [0.4, 0.5) is 0 Å². The lowest BCUT2D eigenvalue weighted by Gasteiger charge is -2.05. The molecule has 0 bridgehead atoms. The minimum atomic E-state index is -3.73. The van der Waals surface area contributed by atoms with E-state index in [4.69, 9.17) is 4.18 Å². The summed E-state index contributed by atoms with van der Waals surface area (Å²) in [6.45, 7) is 6.05. The van der Waals surface area contributed by atoms with Crippen LogP contribution in [0, 0.1) is 20.8 Å². The third kappa shape index (κ3) is 4.00. The summed E-state index contributed by atoms with van der Waals surface area (Å²) in [4.78, 5) is 4.76. The van der Waals surface area contributed by atoms with Crippen LogP contribution in [0.25, 0.3) is 5.13 Å². The molecule has 7 heteroatoms. The predicted molar refractivity (Wildman–Crippen MR) is 98.9 cm³/mol. The van der Waals surface area contributed by atoms with Gasteiger partial charge in [-0.2, -0.15) is 8.42 Å². The Bertz CT molecular complexity index is 951. The van der Waals surface area contributed by atoms with Gasteiger partial charge in [0.2, 0.25) is 0 Å². The molecule has 132 valence electrons. The Kier molecular flexibility index (Phi) is 5.08. The van der Waals surface area contributed by atoms with Crippen molar-refractivity contribution < 1.29 is 12.6 Å². The zero-order valence-electron chi connectivity index (χ0n) is 14.4. The molecule has 0 aliphatic heterocycles. The average Bonchev–Trinajstić information content (AvgIpc) is 3.14. The van der Waals surface area contributed by atoms with Gasteiger partial charge in [0.05, 0.1) is 17.2 Å². The molecule has 0 N–H and O–H groups in total. The van der Waals surface area contributed by atoms with E-state index in [0.29, 0.717) is 6.42 Å². The summed E-state index contributed by atoms with van der Waals surface area (Å²) < 4.78 is 31.6. The van der Waals surface area contributed by atoms with Crippen molar-refractivity contribution in [3.05, 3.63) is 64.4 Å². The van der Waals surface area contributed by atoms with Gasteiger partial charge in [-0.05, 0) is 45.0 Å². The van der Waals surface area contributed by atoms with Crippen molar-refractivity contribution >= 4 is 21.5 Å². The van der Waals surface area contributed by atoms with E-state index in [2.05, 4.69) is 9.55 Å². The van der Waals surface area contributed by atoms with Crippen molar-refractivity contribution in [3.63, 3.8) is 0 Å². The summed E-state index contributed by atoms with van der Waals surface area (Å²) in [6.07, 6.45) is 0.445. The van der Waals surface area contributed by atoms with Crippen LogP contribution in [-0.2, 0) is 20.7 Å². The summed E-state index contributed by atoms with van der Waals surface area (Å²) in [7, 11) is -3.73. The van der Waals surface area contributed by atoms with Gasteiger partial charge in [-0.1, -0.05) is 17.7 Å². The molecule has 25 heavy (non-hydrogen) atoms. The SMILES string of the molecule is Cc1ccc(S(=O)(=O)OCCc2csc(-n3c(C)ccc3C)n2)cc1. The first-order chi connectivity index (χ1) is 11.9. The molecule has 0 aliphatic rings. The van der Waals surface area contributed by atoms with Crippen LogP contribution in [-0.4, -0.2) is 24.6 Å². The Hall–Kier alpha value is -1.96. The summed E-state index contributed by atoms with van der Waals surface area (Å²) in [5.74, 6) is 0. The van der Waals surface area contributed by atoms with E-state index >= 15 is 0 Å². The highest BCUT2D eigenvalue weighted by Gasteiger charge is 2.15. The van der Waals surface area contributed by atoms with Gasteiger partial charge in [-0.25, -0.2) is 4.98 Å². The Balaban J connectivity index is 1.64. The molecule has 1 aromatic carbocycles. The van der Waals surface area contributed by atoms with Crippen molar-refractivity contribution in [1.29, 1.82) is 0 Å². The highest BCUT2D eigenvalue weighted by Crippen LogP contribution is 2.21. The maximum Gasteiger partial charge on any atom is 0.296 e. The Labute approximate surface area is 152 Å². The van der Waals surface area contributed by atoms with Crippen molar-refractivity contribution in [2.75, 3.05) is 6.61 Å². The van der Waals surface area contributed by atoms with Crippen LogP contribution < -0.4 is 0 Å². The van der Waals surface area contributed by atoms with Gasteiger partial charge in [0.15, 0.2) is 5.13 Å². The topological polar surface area (TPSA) is 61.2 Å². The molecule has 0 amide bonds. The van der Waals surface area contributed by atoms with E-state index in [1.807, 2.05) is 38.3 Å². The molecule has 3 rings (SSSR count). The van der Waals surface area contributed by atoms with E-state index in [1.165, 1.54) is 11.3 Å². The lowest BCUT2D eigenvalue weighted by molar-refractivity contribution is 0.321. The van der Waals surface area contributed by atoms with Gasteiger partial charge in [-0.15, -0.1) is 11.3 Å². The molecule has 0 saturated heterocycles. The fourth-order valence-electron chi connectivity index (χ4n) is 2.51. The number of rotatable bonds is 6. The summed E-state index contributed by atoms with van der Waals surface area (Å²) in [5.41, 5.74) is 4.07. The zero-order valence-corrected chi connectivity index (χ0v) is 16.0. The molecule has 3 aromatic rings. The van der Waals surface area contributed by atoms with Crippen molar-refractivity contribution in [2.45, 2.75) is 32.1 Å². The third-order valence-corrected chi connectivity index (χ3v) is 6.11. The number of thiazole rings is 1. The molecule has 0 atom stereocenters. The van der Waals surface area contributed by atoms with E-state index < -0.39 is 10.1 Å². The van der Waals surface area contributed by atoms with Crippen LogP contribution in [0.15, 0.2) is 46.7 Å². The molecule has 0 aliphatic carbocycles. The van der Waals surface area contributed by atoms with Crippen molar-refractivity contribution in [2.24, 2.45) is 0 Å². The Morgan fingerprint density at radius 3 is 2.32 bits per heavy atom. The molecular weight excluding hydrogens is 356 g/mol. The summed E-state index contributed by atoms with van der Waals surface area (Å²) in [6, 6.07) is 10.7. The van der Waals surface area contributed by atoms with Gasteiger partial charge >= 0.3 is 0 Å². The number of benzene rings is 1. The van der Waals surface area contributed by atoms with Gasteiger partial charge in [0, 0.05) is 23.2 Å². The average molecular weight is 377 g/mol. The number of nitrogens with zero attached hydrogens (tertiary/aromatic N) is 2. The molecule has 0 spiro atoms. The largest absolute Gasteiger partial charge is 0.296 e. The van der Waals surface area contributed by atoms with Gasteiger partial charge in [0.1, 0.15) is 0 Å². The van der Waals surface area contributed by atoms with E-state index in [1.54, 1.807) is 24.3 Å². The Morgan fingerprint density at radius 1 is 1.04 bits per heavy atom. The van der Waals surface area contributed by atoms with Gasteiger partial charge in [0.25, 0.3) is 10.1 Å². The third-order valence-electron chi connectivity index (χ3n) is 3.91.